The van der Waals surface area contributed by atoms with Gasteiger partial charge < -0.3 is 20.1 Å². The summed E-state index contributed by atoms with van der Waals surface area (Å²) in [6.07, 6.45) is 5.13. The Morgan fingerprint density at radius 1 is 0.970 bits per heavy atom. The van der Waals surface area contributed by atoms with E-state index in [4.69, 9.17) is 9.47 Å². The van der Waals surface area contributed by atoms with Crippen LogP contribution in [0.1, 0.15) is 5.56 Å². The Hall–Kier alpha value is -4.46. The van der Waals surface area contributed by atoms with Gasteiger partial charge in [0.15, 0.2) is 18.1 Å². The van der Waals surface area contributed by atoms with Crippen LogP contribution in [0.3, 0.4) is 0 Å². The van der Waals surface area contributed by atoms with Crippen molar-refractivity contribution in [2.45, 2.75) is 6.92 Å². The first-order valence-corrected chi connectivity index (χ1v) is 10.3. The summed E-state index contributed by atoms with van der Waals surface area (Å²) in [7, 11) is 1.55. The Balaban J connectivity index is 1.48. The maximum absolute atomic E-state index is 12.6. The van der Waals surface area contributed by atoms with Crippen LogP contribution in [0.4, 0.5) is 17.3 Å². The van der Waals surface area contributed by atoms with Crippen molar-refractivity contribution in [2.75, 3.05) is 24.4 Å². The molecule has 1 amide bonds. The van der Waals surface area contributed by atoms with E-state index in [1.54, 1.807) is 37.8 Å². The van der Waals surface area contributed by atoms with Crippen molar-refractivity contribution in [1.29, 1.82) is 0 Å². The molecule has 4 aromatic rings. The lowest BCUT2D eigenvalue weighted by molar-refractivity contribution is -0.118. The van der Waals surface area contributed by atoms with Crippen LogP contribution in [0.15, 0.2) is 79.3 Å². The highest BCUT2D eigenvalue weighted by molar-refractivity contribution is 5.95. The molecule has 0 saturated carbocycles. The van der Waals surface area contributed by atoms with E-state index in [-0.39, 0.29) is 12.5 Å². The number of aromatic nitrogens is 3. The number of methoxy groups -OCH3 is 1. The number of amides is 1. The number of nitrogens with zero attached hydrogens (tertiary/aromatic N) is 3. The molecule has 0 unspecified atom stereocenters. The zero-order valence-corrected chi connectivity index (χ0v) is 18.3. The number of benzene rings is 2. The molecule has 2 N–H and O–H groups in total. The minimum Gasteiger partial charge on any atom is -0.493 e. The molecule has 0 bridgehead atoms. The molecule has 0 radical (unpaired) electrons. The summed E-state index contributed by atoms with van der Waals surface area (Å²) in [6, 6.07) is 18.4. The lowest BCUT2D eigenvalue weighted by atomic mass is 10.2. The van der Waals surface area contributed by atoms with Gasteiger partial charge in [-0.05, 0) is 55.0 Å². The number of nitrogens with one attached hydrogen (secondary N) is 2. The predicted molar refractivity (Wildman–Crippen MR) is 127 cm³/mol. The molecule has 0 aliphatic carbocycles. The first-order valence-electron chi connectivity index (χ1n) is 10.3. The van der Waals surface area contributed by atoms with Crippen LogP contribution in [-0.2, 0) is 4.79 Å². The molecule has 2 heterocycles. The van der Waals surface area contributed by atoms with Crippen molar-refractivity contribution in [3.05, 3.63) is 84.8 Å². The third-order valence-corrected chi connectivity index (χ3v) is 4.74. The molecule has 0 aliphatic rings. The molecular weight excluding hydrogens is 418 g/mol. The third-order valence-electron chi connectivity index (χ3n) is 4.74. The van der Waals surface area contributed by atoms with Crippen molar-refractivity contribution >= 4 is 23.2 Å². The number of para-hydroxylation sites is 2. The summed E-state index contributed by atoms with van der Waals surface area (Å²) in [5, 5.41) is 6.08. The van der Waals surface area contributed by atoms with E-state index in [9.17, 15) is 4.79 Å². The van der Waals surface area contributed by atoms with Gasteiger partial charge in [0.05, 0.1) is 24.2 Å². The zero-order valence-electron chi connectivity index (χ0n) is 18.3. The number of ether oxygens (including phenoxy) is 2. The molecular formula is C25H23N5O3. The van der Waals surface area contributed by atoms with E-state index in [2.05, 4.69) is 25.6 Å². The van der Waals surface area contributed by atoms with E-state index >= 15 is 0 Å². The number of anilines is 3. The Morgan fingerprint density at radius 2 is 1.82 bits per heavy atom. The van der Waals surface area contributed by atoms with E-state index in [0.717, 1.165) is 16.8 Å². The van der Waals surface area contributed by atoms with Crippen molar-refractivity contribution in [3.8, 4) is 22.8 Å². The summed E-state index contributed by atoms with van der Waals surface area (Å²) in [4.78, 5) is 25.6. The number of rotatable bonds is 8. The van der Waals surface area contributed by atoms with E-state index in [0.29, 0.717) is 28.8 Å². The maximum Gasteiger partial charge on any atom is 0.262 e. The van der Waals surface area contributed by atoms with Gasteiger partial charge in [-0.25, -0.2) is 9.97 Å². The lowest BCUT2D eigenvalue weighted by Gasteiger charge is -2.14. The van der Waals surface area contributed by atoms with Crippen LogP contribution in [0.25, 0.3) is 11.3 Å². The fourth-order valence-corrected chi connectivity index (χ4v) is 3.15. The van der Waals surface area contributed by atoms with Crippen LogP contribution in [-0.4, -0.2) is 34.6 Å². The topological polar surface area (TPSA) is 98.3 Å². The molecule has 0 saturated heterocycles. The number of carbonyl (C=O) groups excluding carboxylic acids is 1. The van der Waals surface area contributed by atoms with Crippen molar-refractivity contribution in [2.24, 2.45) is 0 Å². The summed E-state index contributed by atoms with van der Waals surface area (Å²) >= 11 is 0. The Bertz CT molecular complexity index is 1250. The van der Waals surface area contributed by atoms with Crippen molar-refractivity contribution in [3.63, 3.8) is 0 Å². The van der Waals surface area contributed by atoms with Gasteiger partial charge in [0, 0.05) is 24.2 Å². The number of hydrogen-bond donors (Lipinski definition) is 2. The fourth-order valence-electron chi connectivity index (χ4n) is 3.15. The Kier molecular flexibility index (Phi) is 6.75. The number of pyridine rings is 1. The molecule has 166 valence electrons. The SMILES string of the molecule is COc1ccccc1OCC(=O)Nc1ccc(C)cc1Nc1nccc(-c2cccnc2)n1. The van der Waals surface area contributed by atoms with Crippen LogP contribution < -0.4 is 20.1 Å². The first kappa shape index (κ1) is 21.8. The van der Waals surface area contributed by atoms with Gasteiger partial charge in [0.2, 0.25) is 5.95 Å². The monoisotopic (exact) mass is 441 g/mol. The van der Waals surface area contributed by atoms with Crippen LogP contribution in [0.5, 0.6) is 11.5 Å². The summed E-state index contributed by atoms with van der Waals surface area (Å²) in [6.45, 7) is 1.80. The van der Waals surface area contributed by atoms with Gasteiger partial charge >= 0.3 is 0 Å². The number of aryl methyl sites for hydroxylation is 1. The lowest BCUT2D eigenvalue weighted by Crippen LogP contribution is -2.21. The molecule has 4 rings (SSSR count). The molecule has 8 heteroatoms. The second-order valence-electron chi connectivity index (χ2n) is 7.17. The standard InChI is InChI=1S/C25H23N5O3/c1-17-9-10-20(28-24(31)16-33-23-8-4-3-7-22(23)32-2)21(14-17)30-25-27-13-11-19(29-25)18-6-5-12-26-15-18/h3-15H,16H2,1-2H3,(H,28,31)(H,27,29,30). The van der Waals surface area contributed by atoms with Gasteiger partial charge in [0.25, 0.3) is 5.91 Å². The molecule has 0 aliphatic heterocycles. The molecule has 2 aromatic carbocycles. The van der Waals surface area contributed by atoms with Gasteiger partial charge in [-0.3, -0.25) is 9.78 Å². The molecule has 33 heavy (non-hydrogen) atoms. The average molecular weight is 441 g/mol. The smallest absolute Gasteiger partial charge is 0.262 e. The zero-order chi connectivity index (χ0) is 23.0. The minimum atomic E-state index is -0.308. The second kappa shape index (κ2) is 10.2. The molecule has 8 nitrogen and oxygen atoms in total. The van der Waals surface area contributed by atoms with Gasteiger partial charge in [-0.15, -0.1) is 0 Å². The highest BCUT2D eigenvalue weighted by Crippen LogP contribution is 2.28. The molecule has 0 atom stereocenters. The quantitative estimate of drug-likeness (QED) is 0.412. The predicted octanol–water partition coefficient (Wildman–Crippen LogP) is 4.62. The van der Waals surface area contributed by atoms with Crippen molar-refractivity contribution in [1.82, 2.24) is 15.0 Å². The Morgan fingerprint density at radius 3 is 2.61 bits per heavy atom. The number of carbonyl (C=O) groups is 1. The minimum absolute atomic E-state index is 0.166. The van der Waals surface area contributed by atoms with Crippen LogP contribution in [0.2, 0.25) is 0 Å². The summed E-state index contributed by atoms with van der Waals surface area (Å²) < 4.78 is 10.9. The van der Waals surface area contributed by atoms with Crippen LogP contribution in [0, 0.1) is 6.92 Å². The van der Waals surface area contributed by atoms with Gasteiger partial charge in [0.1, 0.15) is 0 Å². The van der Waals surface area contributed by atoms with E-state index in [1.807, 2.05) is 55.5 Å². The van der Waals surface area contributed by atoms with E-state index < -0.39 is 0 Å². The second-order valence-corrected chi connectivity index (χ2v) is 7.17. The Labute approximate surface area is 191 Å². The average Bonchev–Trinajstić information content (AvgIpc) is 2.85. The van der Waals surface area contributed by atoms with E-state index in [1.165, 1.54) is 0 Å². The van der Waals surface area contributed by atoms with Gasteiger partial charge in [-0.2, -0.15) is 0 Å². The summed E-state index contributed by atoms with van der Waals surface area (Å²) in [5.74, 6) is 1.16. The number of hydrogen-bond acceptors (Lipinski definition) is 7. The molecule has 0 spiro atoms. The highest BCUT2D eigenvalue weighted by Gasteiger charge is 2.12. The molecule has 0 fully saturated rings. The van der Waals surface area contributed by atoms with Crippen LogP contribution >= 0.6 is 0 Å². The normalized spacial score (nSPS) is 10.4. The maximum atomic E-state index is 12.6. The summed E-state index contributed by atoms with van der Waals surface area (Å²) in [5.41, 5.74) is 3.90. The van der Waals surface area contributed by atoms with Gasteiger partial charge in [-0.1, -0.05) is 18.2 Å². The van der Waals surface area contributed by atoms with Crippen molar-refractivity contribution < 1.29 is 14.3 Å². The molecule has 2 aromatic heterocycles. The first-order chi connectivity index (χ1) is 16.1. The highest BCUT2D eigenvalue weighted by atomic mass is 16.5. The largest absolute Gasteiger partial charge is 0.493 e. The fraction of sp³-hybridized carbons (Fsp3) is 0.120. The third kappa shape index (κ3) is 5.62.